The highest BCUT2D eigenvalue weighted by molar-refractivity contribution is 5.84. The third-order valence-electron chi connectivity index (χ3n) is 5.91. The average Bonchev–Trinajstić information content (AvgIpc) is 2.83. The Balaban J connectivity index is 1.78. The standard InChI is InChI=1S/C28H38O6/c1-2-3-4-14-21-34-28(27(31)32,22-26(29)30)19-12-5-6-13-20-33-25-18-11-10-17-24(25)23-15-8-7-9-16-23/h7-11,15-18H,2-6,12-14,19-22H2,1H3,(H,29,30)(H,31,32). The van der Waals surface area contributed by atoms with Gasteiger partial charge in [-0.3, -0.25) is 4.79 Å². The van der Waals surface area contributed by atoms with Crippen LogP contribution in [0.25, 0.3) is 11.1 Å². The Morgan fingerprint density at radius 2 is 1.44 bits per heavy atom. The zero-order valence-corrected chi connectivity index (χ0v) is 20.2. The number of benzene rings is 2. The molecule has 0 heterocycles. The van der Waals surface area contributed by atoms with Crippen molar-refractivity contribution in [1.82, 2.24) is 0 Å². The molecule has 186 valence electrons. The minimum absolute atomic E-state index is 0.195. The van der Waals surface area contributed by atoms with Crippen LogP contribution in [0.15, 0.2) is 54.6 Å². The Hall–Kier alpha value is -2.86. The van der Waals surface area contributed by atoms with E-state index in [2.05, 4.69) is 19.1 Å². The van der Waals surface area contributed by atoms with Gasteiger partial charge in [-0.2, -0.15) is 0 Å². The first kappa shape index (κ1) is 27.4. The number of para-hydroxylation sites is 1. The van der Waals surface area contributed by atoms with Crippen molar-refractivity contribution in [3.05, 3.63) is 54.6 Å². The van der Waals surface area contributed by atoms with Gasteiger partial charge in [-0.05, 0) is 37.3 Å². The molecular formula is C28H38O6. The molecule has 2 N–H and O–H groups in total. The molecule has 0 aliphatic heterocycles. The summed E-state index contributed by atoms with van der Waals surface area (Å²) in [6.07, 6.45) is 6.58. The molecule has 0 fully saturated rings. The highest BCUT2D eigenvalue weighted by atomic mass is 16.5. The van der Waals surface area contributed by atoms with Crippen molar-refractivity contribution in [2.45, 2.75) is 76.7 Å². The molecule has 6 heteroatoms. The first-order valence-electron chi connectivity index (χ1n) is 12.3. The van der Waals surface area contributed by atoms with E-state index in [0.29, 0.717) is 13.0 Å². The molecule has 0 saturated carbocycles. The predicted molar refractivity (Wildman–Crippen MR) is 133 cm³/mol. The van der Waals surface area contributed by atoms with Crippen LogP contribution in [0, 0.1) is 0 Å². The van der Waals surface area contributed by atoms with Crippen molar-refractivity contribution < 1.29 is 29.3 Å². The van der Waals surface area contributed by atoms with Crippen LogP contribution in [0.3, 0.4) is 0 Å². The average molecular weight is 471 g/mol. The topological polar surface area (TPSA) is 93.1 Å². The summed E-state index contributed by atoms with van der Waals surface area (Å²) >= 11 is 0. The molecule has 0 spiro atoms. The molecule has 0 aliphatic carbocycles. The molecule has 0 bridgehead atoms. The third-order valence-corrected chi connectivity index (χ3v) is 5.91. The number of aliphatic carboxylic acids is 2. The van der Waals surface area contributed by atoms with Crippen LogP contribution in [0.5, 0.6) is 5.75 Å². The molecule has 0 aromatic heterocycles. The Kier molecular flexibility index (Phi) is 12.2. The minimum atomic E-state index is -1.65. The first-order chi connectivity index (χ1) is 16.5. The van der Waals surface area contributed by atoms with Gasteiger partial charge < -0.3 is 19.7 Å². The van der Waals surface area contributed by atoms with E-state index in [-0.39, 0.29) is 13.0 Å². The molecule has 2 aromatic carbocycles. The Morgan fingerprint density at radius 1 is 0.794 bits per heavy atom. The number of hydrogen-bond donors (Lipinski definition) is 2. The summed E-state index contributed by atoms with van der Waals surface area (Å²) in [7, 11) is 0. The predicted octanol–water partition coefficient (Wildman–Crippen LogP) is 6.58. The molecule has 0 aliphatic rings. The van der Waals surface area contributed by atoms with Crippen LogP contribution in [-0.4, -0.2) is 41.0 Å². The Labute approximate surface area is 202 Å². The molecule has 6 nitrogen and oxygen atoms in total. The second-order valence-corrected chi connectivity index (χ2v) is 8.65. The zero-order valence-electron chi connectivity index (χ0n) is 20.2. The molecule has 0 amide bonds. The number of ether oxygens (including phenoxy) is 2. The maximum absolute atomic E-state index is 11.9. The van der Waals surface area contributed by atoms with Gasteiger partial charge in [-0.15, -0.1) is 0 Å². The van der Waals surface area contributed by atoms with E-state index in [0.717, 1.165) is 61.8 Å². The molecule has 1 atom stereocenters. The number of carbonyl (C=O) groups is 2. The van der Waals surface area contributed by atoms with E-state index in [1.165, 1.54) is 0 Å². The highest BCUT2D eigenvalue weighted by Gasteiger charge is 2.41. The maximum atomic E-state index is 11.9. The van der Waals surface area contributed by atoms with Gasteiger partial charge in [-0.25, -0.2) is 4.79 Å². The Morgan fingerprint density at radius 3 is 2.15 bits per heavy atom. The third kappa shape index (κ3) is 9.18. The number of carboxylic acids is 2. The monoisotopic (exact) mass is 470 g/mol. The highest BCUT2D eigenvalue weighted by Crippen LogP contribution is 2.30. The molecule has 2 rings (SSSR count). The number of carboxylic acid groups (broad SMARTS) is 2. The van der Waals surface area contributed by atoms with Crippen molar-refractivity contribution in [3.63, 3.8) is 0 Å². The van der Waals surface area contributed by atoms with Crippen molar-refractivity contribution >= 4 is 11.9 Å². The molecule has 0 radical (unpaired) electrons. The largest absolute Gasteiger partial charge is 0.493 e. The van der Waals surface area contributed by atoms with Crippen LogP contribution in [0.2, 0.25) is 0 Å². The molecular weight excluding hydrogens is 432 g/mol. The van der Waals surface area contributed by atoms with Gasteiger partial charge in [0, 0.05) is 12.2 Å². The fourth-order valence-electron chi connectivity index (χ4n) is 3.99. The summed E-state index contributed by atoms with van der Waals surface area (Å²) in [5.41, 5.74) is 0.513. The smallest absolute Gasteiger partial charge is 0.336 e. The van der Waals surface area contributed by atoms with E-state index in [1.54, 1.807) is 0 Å². The fraction of sp³-hybridized carbons (Fsp3) is 0.500. The summed E-state index contributed by atoms with van der Waals surface area (Å²) in [6.45, 7) is 2.94. The van der Waals surface area contributed by atoms with Gasteiger partial charge in [-0.1, -0.05) is 87.6 Å². The van der Waals surface area contributed by atoms with Crippen LogP contribution in [0.4, 0.5) is 0 Å². The normalized spacial score (nSPS) is 12.7. The van der Waals surface area contributed by atoms with E-state index in [4.69, 9.17) is 9.47 Å². The van der Waals surface area contributed by atoms with Crippen molar-refractivity contribution in [2.75, 3.05) is 13.2 Å². The van der Waals surface area contributed by atoms with Crippen LogP contribution < -0.4 is 4.74 Å². The second kappa shape index (κ2) is 15.1. The minimum Gasteiger partial charge on any atom is -0.493 e. The summed E-state index contributed by atoms with van der Waals surface area (Å²) < 4.78 is 11.7. The Bertz CT molecular complexity index is 866. The zero-order chi connectivity index (χ0) is 24.7. The van der Waals surface area contributed by atoms with Crippen LogP contribution in [0.1, 0.15) is 71.1 Å². The molecule has 1 unspecified atom stereocenters. The van der Waals surface area contributed by atoms with Gasteiger partial charge in [0.25, 0.3) is 0 Å². The van der Waals surface area contributed by atoms with Crippen LogP contribution in [-0.2, 0) is 14.3 Å². The van der Waals surface area contributed by atoms with Gasteiger partial charge in [0.1, 0.15) is 5.75 Å². The van der Waals surface area contributed by atoms with Crippen molar-refractivity contribution in [2.24, 2.45) is 0 Å². The SMILES string of the molecule is CCCCCCOC(CCCCCCOc1ccccc1-c1ccccc1)(CC(=O)O)C(=O)O. The molecule has 34 heavy (non-hydrogen) atoms. The van der Waals surface area contributed by atoms with Gasteiger partial charge >= 0.3 is 11.9 Å². The van der Waals surface area contributed by atoms with E-state index >= 15 is 0 Å². The van der Waals surface area contributed by atoms with Gasteiger partial charge in [0.05, 0.1) is 13.0 Å². The maximum Gasteiger partial charge on any atom is 0.336 e. The first-order valence-corrected chi connectivity index (χ1v) is 12.3. The fourth-order valence-corrected chi connectivity index (χ4v) is 3.99. The van der Waals surface area contributed by atoms with Gasteiger partial charge in [0.2, 0.25) is 0 Å². The number of unbranched alkanes of at least 4 members (excludes halogenated alkanes) is 6. The number of hydrogen-bond acceptors (Lipinski definition) is 4. The summed E-state index contributed by atoms with van der Waals surface area (Å²) in [5, 5.41) is 19.0. The lowest BCUT2D eigenvalue weighted by molar-refractivity contribution is -0.174. The van der Waals surface area contributed by atoms with Gasteiger partial charge in [0.15, 0.2) is 5.60 Å². The van der Waals surface area contributed by atoms with Crippen LogP contribution >= 0.6 is 0 Å². The van der Waals surface area contributed by atoms with Crippen molar-refractivity contribution in [3.8, 4) is 16.9 Å². The van der Waals surface area contributed by atoms with E-state index < -0.39 is 24.0 Å². The van der Waals surface area contributed by atoms with E-state index in [9.17, 15) is 19.8 Å². The molecule has 0 saturated heterocycles. The summed E-state index contributed by atoms with van der Waals surface area (Å²) in [5.74, 6) is -1.50. The number of rotatable bonds is 18. The lowest BCUT2D eigenvalue weighted by atomic mass is 9.92. The lowest BCUT2D eigenvalue weighted by Gasteiger charge is -2.28. The van der Waals surface area contributed by atoms with E-state index in [1.807, 2.05) is 42.5 Å². The summed E-state index contributed by atoms with van der Waals surface area (Å²) in [6, 6.07) is 18.1. The quantitative estimate of drug-likeness (QED) is 0.239. The van der Waals surface area contributed by atoms with Crippen molar-refractivity contribution in [1.29, 1.82) is 0 Å². The molecule has 2 aromatic rings. The lowest BCUT2D eigenvalue weighted by Crippen LogP contribution is -2.44. The summed E-state index contributed by atoms with van der Waals surface area (Å²) in [4.78, 5) is 23.3. The second-order valence-electron chi connectivity index (χ2n) is 8.65.